The Morgan fingerprint density at radius 2 is 2.62 bits per heavy atom. The Morgan fingerprint density at radius 1 is 1.88 bits per heavy atom. The molecule has 0 fully saturated rings. The molecule has 1 amide bonds. The topological polar surface area (TPSA) is 66.9 Å². The van der Waals surface area contributed by atoms with Crippen molar-refractivity contribution < 1.29 is 9.32 Å². The smallest absolute Gasteiger partial charge is 0.291 e. The number of nitrogens with one attached hydrogen (secondary N) is 1. The number of amides is 1. The molecule has 4 heteroatoms. The van der Waals surface area contributed by atoms with Gasteiger partial charge in [-0.15, -0.1) is 0 Å². The van der Waals surface area contributed by atoms with Crippen molar-refractivity contribution in [1.29, 1.82) is 0 Å². The van der Waals surface area contributed by atoms with Crippen molar-refractivity contribution in [3.05, 3.63) is 18.0 Å². The summed E-state index contributed by atoms with van der Waals surface area (Å²) in [5.74, 6) is -0.821. The maximum atomic E-state index is 10.1. The number of hydrogen-bond acceptors (Lipinski definition) is 3. The quantitative estimate of drug-likeness (QED) is 0.516. The molecule has 1 radical (unpaired) electrons. The number of rotatable bonds is 1. The van der Waals surface area contributed by atoms with Gasteiger partial charge in [0.2, 0.25) is 0 Å². The summed E-state index contributed by atoms with van der Waals surface area (Å²) in [5, 5.41) is 3.20. The summed E-state index contributed by atoms with van der Waals surface area (Å²) in [6.45, 7) is 0. The molecule has 1 heterocycles. The third-order valence-electron chi connectivity index (χ3n) is 0.670. The third kappa shape index (κ3) is 0.676. The fraction of sp³-hybridized carbons (Fsp3) is 0. The van der Waals surface area contributed by atoms with Gasteiger partial charge in [0.1, 0.15) is 6.26 Å². The summed E-state index contributed by atoms with van der Waals surface area (Å²) in [4.78, 5) is 10.1. The van der Waals surface area contributed by atoms with Crippen LogP contribution in [0.2, 0.25) is 0 Å². The van der Waals surface area contributed by atoms with Gasteiger partial charge in [0.15, 0.2) is 5.69 Å². The number of carbonyl (C=O) groups excluding carboxylic acids is 1. The molecule has 0 aliphatic rings. The summed E-state index contributed by atoms with van der Waals surface area (Å²) in [6, 6.07) is 1.34. The first-order chi connectivity index (χ1) is 3.80. The van der Waals surface area contributed by atoms with Gasteiger partial charge in [-0.2, -0.15) is 0 Å². The Kier molecular flexibility index (Phi) is 0.997. The van der Waals surface area contributed by atoms with E-state index >= 15 is 0 Å². The van der Waals surface area contributed by atoms with E-state index in [1.54, 1.807) is 0 Å². The zero-order chi connectivity index (χ0) is 5.98. The van der Waals surface area contributed by atoms with Gasteiger partial charge in [-0.25, -0.2) is 0 Å². The van der Waals surface area contributed by atoms with Crippen molar-refractivity contribution >= 4 is 5.91 Å². The first-order valence-corrected chi connectivity index (χ1v) is 1.97. The molecule has 0 aromatic carbocycles. The van der Waals surface area contributed by atoms with Crippen LogP contribution in [0.4, 0.5) is 0 Å². The lowest BCUT2D eigenvalue weighted by Gasteiger charge is -1.74. The number of hydrogen-bond donors (Lipinski definition) is 0. The molecule has 0 unspecified atom stereocenters. The van der Waals surface area contributed by atoms with Gasteiger partial charge in [-0.3, -0.25) is 10.5 Å². The van der Waals surface area contributed by atoms with E-state index in [1.807, 2.05) is 0 Å². The summed E-state index contributed by atoms with van der Waals surface area (Å²) in [5.41, 5.74) is 6.52. The minimum atomic E-state index is -0.821. The van der Waals surface area contributed by atoms with Gasteiger partial charge in [0.05, 0.1) is 0 Å². The van der Waals surface area contributed by atoms with Crippen LogP contribution in [0, 0.1) is 0 Å². The second-order valence-electron chi connectivity index (χ2n) is 1.21. The van der Waals surface area contributed by atoms with E-state index in [4.69, 9.17) is 5.73 Å². The van der Waals surface area contributed by atoms with Gasteiger partial charge in [0.25, 0.3) is 5.91 Å². The van der Waals surface area contributed by atoms with Gasteiger partial charge < -0.3 is 4.52 Å². The molecule has 0 saturated heterocycles. The van der Waals surface area contributed by atoms with Crippen LogP contribution in [0.3, 0.4) is 0 Å². The lowest BCUT2D eigenvalue weighted by atomic mass is 10.4. The maximum absolute atomic E-state index is 10.1. The van der Waals surface area contributed by atoms with Crippen LogP contribution >= 0.6 is 0 Å². The van der Waals surface area contributed by atoms with Crippen molar-refractivity contribution in [1.82, 2.24) is 10.9 Å². The van der Waals surface area contributed by atoms with Gasteiger partial charge >= 0.3 is 0 Å². The Morgan fingerprint density at radius 3 is 2.88 bits per heavy atom. The molecular formula is C4H3N2O2. The first-order valence-electron chi connectivity index (χ1n) is 1.97. The van der Waals surface area contributed by atoms with E-state index in [2.05, 4.69) is 9.68 Å². The fourth-order valence-electron chi connectivity index (χ4n) is 0.330. The van der Waals surface area contributed by atoms with Crippen LogP contribution in [0.25, 0.3) is 0 Å². The highest BCUT2D eigenvalue weighted by atomic mass is 16.5. The molecule has 0 atom stereocenters. The Labute approximate surface area is 45.3 Å². The molecule has 4 nitrogen and oxygen atoms in total. The molecule has 1 aromatic heterocycles. The average Bonchev–Trinajstić information content (AvgIpc) is 2.12. The van der Waals surface area contributed by atoms with Gasteiger partial charge in [0, 0.05) is 6.07 Å². The lowest BCUT2D eigenvalue weighted by molar-refractivity contribution is 0.0983. The van der Waals surface area contributed by atoms with Crippen LogP contribution in [0.1, 0.15) is 10.5 Å². The largest absolute Gasteiger partial charge is 0.364 e. The molecule has 1 aromatic rings. The molecule has 41 valence electrons. The van der Waals surface area contributed by atoms with Crippen LogP contribution in [0.5, 0.6) is 0 Å². The van der Waals surface area contributed by atoms with E-state index in [-0.39, 0.29) is 5.69 Å². The van der Waals surface area contributed by atoms with E-state index < -0.39 is 5.91 Å². The highest BCUT2D eigenvalue weighted by Gasteiger charge is 2.01. The van der Waals surface area contributed by atoms with Crippen LogP contribution in [0.15, 0.2) is 16.9 Å². The standard InChI is InChI=1S/C4H3N2O2/c5-4(7)3-1-2-8-6-3/h1-2,5H. The molecule has 0 spiro atoms. The number of aromatic nitrogens is 1. The maximum Gasteiger partial charge on any atom is 0.291 e. The minimum Gasteiger partial charge on any atom is -0.364 e. The summed E-state index contributed by atoms with van der Waals surface area (Å²) >= 11 is 0. The molecule has 0 aliphatic carbocycles. The van der Waals surface area contributed by atoms with E-state index in [9.17, 15) is 4.79 Å². The highest BCUT2D eigenvalue weighted by molar-refractivity contribution is 5.89. The van der Waals surface area contributed by atoms with Crippen LogP contribution in [-0.4, -0.2) is 11.1 Å². The number of nitrogens with zero attached hydrogens (tertiary/aromatic N) is 1. The van der Waals surface area contributed by atoms with Crippen molar-refractivity contribution in [3.8, 4) is 0 Å². The predicted octanol–water partition coefficient (Wildman–Crippen LogP) is 0.0977. The Bertz CT molecular complexity index is 180. The summed E-state index contributed by atoms with van der Waals surface area (Å²) < 4.78 is 4.28. The number of carbonyl (C=O) groups is 1. The van der Waals surface area contributed by atoms with Crippen LogP contribution in [-0.2, 0) is 0 Å². The van der Waals surface area contributed by atoms with Crippen molar-refractivity contribution in [2.45, 2.75) is 0 Å². The minimum absolute atomic E-state index is 0.0463. The molecule has 8 heavy (non-hydrogen) atoms. The zero-order valence-corrected chi connectivity index (χ0v) is 3.92. The van der Waals surface area contributed by atoms with Crippen molar-refractivity contribution in [2.75, 3.05) is 0 Å². The summed E-state index contributed by atoms with van der Waals surface area (Å²) in [7, 11) is 0. The van der Waals surface area contributed by atoms with Gasteiger partial charge in [-0.05, 0) is 0 Å². The van der Waals surface area contributed by atoms with Gasteiger partial charge in [-0.1, -0.05) is 5.16 Å². The fourth-order valence-corrected chi connectivity index (χ4v) is 0.330. The van der Waals surface area contributed by atoms with E-state index in [1.165, 1.54) is 12.3 Å². The van der Waals surface area contributed by atoms with Crippen molar-refractivity contribution in [3.63, 3.8) is 0 Å². The van der Waals surface area contributed by atoms with E-state index in [0.717, 1.165) is 0 Å². The highest BCUT2D eigenvalue weighted by Crippen LogP contribution is 1.90. The van der Waals surface area contributed by atoms with Crippen LogP contribution < -0.4 is 5.73 Å². The molecule has 0 saturated carbocycles. The second kappa shape index (κ2) is 1.65. The Hall–Kier alpha value is -1.32. The molecule has 0 bridgehead atoms. The SMILES string of the molecule is [NH]C(=O)c1ccon1. The Balaban J connectivity index is 2.93. The second-order valence-corrected chi connectivity index (χ2v) is 1.21. The average molecular weight is 111 g/mol. The molecule has 1 rings (SSSR count). The molecule has 1 N–H and O–H groups in total. The normalized spacial score (nSPS) is 9.00. The summed E-state index contributed by atoms with van der Waals surface area (Å²) in [6.07, 6.45) is 1.25. The van der Waals surface area contributed by atoms with Crippen molar-refractivity contribution in [2.24, 2.45) is 0 Å². The van der Waals surface area contributed by atoms with E-state index in [0.29, 0.717) is 0 Å². The monoisotopic (exact) mass is 111 g/mol. The third-order valence-corrected chi connectivity index (χ3v) is 0.670. The zero-order valence-electron chi connectivity index (χ0n) is 3.92. The lowest BCUT2D eigenvalue weighted by Crippen LogP contribution is -1.97. The first kappa shape index (κ1) is 4.83. The molecular weight excluding hydrogens is 108 g/mol. The predicted molar refractivity (Wildman–Crippen MR) is 23.9 cm³/mol. The molecule has 0 aliphatic heterocycles.